The highest BCUT2D eigenvalue weighted by Gasteiger charge is 2.20. The molecule has 1 aromatic carbocycles. The number of nitro groups is 1. The van der Waals surface area contributed by atoms with Crippen LogP contribution in [-0.2, 0) is 15.8 Å². The summed E-state index contributed by atoms with van der Waals surface area (Å²) in [7, 11) is -2.32. The Hall–Kier alpha value is -1.67. The lowest BCUT2D eigenvalue weighted by Gasteiger charge is -2.11. The smallest absolute Gasteiger partial charge is 0.273 e. The van der Waals surface area contributed by atoms with Crippen molar-refractivity contribution in [3.8, 4) is 5.75 Å². The number of hydrogen-bond acceptors (Lipinski definition) is 5. The van der Waals surface area contributed by atoms with Crippen LogP contribution in [0.4, 0.5) is 5.69 Å². The van der Waals surface area contributed by atoms with Crippen LogP contribution in [0.25, 0.3) is 0 Å². The fourth-order valence-corrected chi connectivity index (χ4v) is 2.26. The molecule has 0 aromatic heterocycles. The van der Waals surface area contributed by atoms with E-state index < -0.39 is 20.7 Å². The first-order valence-electron chi connectivity index (χ1n) is 5.60. The van der Waals surface area contributed by atoms with Gasteiger partial charge >= 0.3 is 0 Å². The SMILES string of the molecule is CNS(=O)(=O)Cc1cc(OC(C)C)ccc1[N+](=O)[O-]. The molecule has 0 amide bonds. The van der Waals surface area contributed by atoms with Crippen LogP contribution in [0, 0.1) is 10.1 Å². The molecule has 0 fully saturated rings. The Kier molecular flexibility index (Phi) is 4.84. The van der Waals surface area contributed by atoms with Gasteiger partial charge in [-0.05, 0) is 33.0 Å². The summed E-state index contributed by atoms with van der Waals surface area (Å²) >= 11 is 0. The summed E-state index contributed by atoms with van der Waals surface area (Å²) in [5, 5.41) is 10.9. The number of nitrogens with one attached hydrogen (secondary N) is 1. The van der Waals surface area contributed by atoms with E-state index in [1.165, 1.54) is 25.2 Å². The monoisotopic (exact) mass is 288 g/mol. The molecule has 1 N–H and O–H groups in total. The van der Waals surface area contributed by atoms with Gasteiger partial charge in [-0.1, -0.05) is 0 Å². The minimum absolute atomic E-state index is 0.0949. The Morgan fingerprint density at radius 1 is 1.42 bits per heavy atom. The lowest BCUT2D eigenvalue weighted by molar-refractivity contribution is -0.385. The van der Waals surface area contributed by atoms with Gasteiger partial charge in [0.05, 0.1) is 16.8 Å². The van der Waals surface area contributed by atoms with Gasteiger partial charge in [0.15, 0.2) is 0 Å². The number of nitrogens with zero attached hydrogens (tertiary/aromatic N) is 1. The molecular formula is C11H16N2O5S. The fourth-order valence-electron chi connectivity index (χ4n) is 1.48. The van der Waals surface area contributed by atoms with E-state index in [1.54, 1.807) is 0 Å². The standard InChI is InChI=1S/C11H16N2O5S/c1-8(2)18-10-4-5-11(13(14)15)9(6-10)7-19(16,17)12-3/h4-6,8,12H,7H2,1-3H3. The number of hydrogen-bond donors (Lipinski definition) is 1. The quantitative estimate of drug-likeness (QED) is 0.630. The average Bonchev–Trinajstić information content (AvgIpc) is 2.27. The fraction of sp³-hybridized carbons (Fsp3) is 0.455. The highest BCUT2D eigenvalue weighted by atomic mass is 32.2. The first kappa shape index (κ1) is 15.4. The molecule has 0 heterocycles. The highest BCUT2D eigenvalue weighted by Crippen LogP contribution is 2.26. The maximum atomic E-state index is 11.5. The largest absolute Gasteiger partial charge is 0.491 e. The maximum Gasteiger partial charge on any atom is 0.273 e. The Morgan fingerprint density at radius 3 is 2.53 bits per heavy atom. The summed E-state index contributed by atoms with van der Waals surface area (Å²) < 4.78 is 30.5. The summed E-state index contributed by atoms with van der Waals surface area (Å²) in [6.07, 6.45) is -0.102. The number of benzene rings is 1. The molecule has 7 nitrogen and oxygen atoms in total. The number of nitro benzene ring substituents is 1. The van der Waals surface area contributed by atoms with Crippen LogP contribution in [0.15, 0.2) is 18.2 Å². The predicted molar refractivity (Wildman–Crippen MR) is 70.5 cm³/mol. The van der Waals surface area contributed by atoms with E-state index in [4.69, 9.17) is 4.74 Å². The zero-order valence-electron chi connectivity index (χ0n) is 10.9. The van der Waals surface area contributed by atoms with Crippen LogP contribution in [0.3, 0.4) is 0 Å². The molecule has 0 saturated heterocycles. The predicted octanol–water partition coefficient (Wildman–Crippen LogP) is 1.43. The lowest BCUT2D eigenvalue weighted by atomic mass is 10.2. The van der Waals surface area contributed by atoms with Crippen molar-refractivity contribution in [3.05, 3.63) is 33.9 Å². The van der Waals surface area contributed by atoms with Crippen molar-refractivity contribution in [1.29, 1.82) is 0 Å². The van der Waals surface area contributed by atoms with Crippen LogP contribution in [0.2, 0.25) is 0 Å². The van der Waals surface area contributed by atoms with Gasteiger partial charge in [0.2, 0.25) is 10.0 Å². The van der Waals surface area contributed by atoms with Crippen LogP contribution in [0.1, 0.15) is 19.4 Å². The van der Waals surface area contributed by atoms with Gasteiger partial charge in [-0.2, -0.15) is 0 Å². The van der Waals surface area contributed by atoms with Gasteiger partial charge in [-0.15, -0.1) is 0 Å². The van der Waals surface area contributed by atoms with Crippen LogP contribution >= 0.6 is 0 Å². The number of rotatable bonds is 6. The molecule has 106 valence electrons. The van der Waals surface area contributed by atoms with Gasteiger partial charge in [0, 0.05) is 11.6 Å². The first-order chi connectivity index (χ1) is 8.75. The Labute approximate surface area is 111 Å². The van der Waals surface area contributed by atoms with Crippen LogP contribution < -0.4 is 9.46 Å². The second kappa shape index (κ2) is 5.98. The van der Waals surface area contributed by atoms with E-state index >= 15 is 0 Å². The molecule has 1 rings (SSSR count). The van der Waals surface area contributed by atoms with Crippen LogP contribution in [0.5, 0.6) is 5.75 Å². The molecule has 0 bridgehead atoms. The van der Waals surface area contributed by atoms with Crippen molar-refractivity contribution < 1.29 is 18.1 Å². The van der Waals surface area contributed by atoms with E-state index in [0.29, 0.717) is 5.75 Å². The van der Waals surface area contributed by atoms with Crippen LogP contribution in [-0.4, -0.2) is 26.5 Å². The summed E-state index contributed by atoms with van der Waals surface area (Å²) in [6.45, 7) is 3.62. The minimum Gasteiger partial charge on any atom is -0.491 e. The third-order valence-corrected chi connectivity index (χ3v) is 3.59. The van der Waals surface area contributed by atoms with Crippen molar-refractivity contribution in [2.45, 2.75) is 25.7 Å². The van der Waals surface area contributed by atoms with Crippen molar-refractivity contribution >= 4 is 15.7 Å². The van der Waals surface area contributed by atoms with Crippen molar-refractivity contribution in [2.75, 3.05) is 7.05 Å². The molecule has 0 saturated carbocycles. The van der Waals surface area contributed by atoms with E-state index in [0.717, 1.165) is 0 Å². The average molecular weight is 288 g/mol. The Morgan fingerprint density at radius 2 is 2.05 bits per heavy atom. The molecule has 8 heteroatoms. The molecule has 19 heavy (non-hydrogen) atoms. The van der Waals surface area contributed by atoms with Gasteiger partial charge in [-0.25, -0.2) is 13.1 Å². The van der Waals surface area contributed by atoms with E-state index in [1.807, 2.05) is 13.8 Å². The molecule has 0 radical (unpaired) electrons. The topological polar surface area (TPSA) is 98.5 Å². The van der Waals surface area contributed by atoms with Gasteiger partial charge < -0.3 is 4.74 Å². The number of sulfonamides is 1. The zero-order valence-corrected chi connectivity index (χ0v) is 11.7. The van der Waals surface area contributed by atoms with Gasteiger partial charge in [-0.3, -0.25) is 10.1 Å². The van der Waals surface area contributed by atoms with Crippen molar-refractivity contribution in [2.24, 2.45) is 0 Å². The second-order valence-electron chi connectivity index (χ2n) is 4.18. The summed E-state index contributed by atoms with van der Waals surface area (Å²) in [5.74, 6) is -0.0586. The Bertz CT molecular complexity index is 568. The van der Waals surface area contributed by atoms with E-state index in [2.05, 4.69) is 4.72 Å². The minimum atomic E-state index is -3.58. The molecule has 0 spiro atoms. The molecular weight excluding hydrogens is 272 g/mol. The molecule has 0 aliphatic heterocycles. The molecule has 0 atom stereocenters. The molecule has 1 aromatic rings. The summed E-state index contributed by atoms with van der Waals surface area (Å²) in [4.78, 5) is 10.3. The summed E-state index contributed by atoms with van der Waals surface area (Å²) in [5.41, 5.74) is -0.146. The number of ether oxygens (including phenoxy) is 1. The third-order valence-electron chi connectivity index (χ3n) is 2.28. The maximum absolute atomic E-state index is 11.5. The Balaban J connectivity index is 3.19. The summed E-state index contributed by atoms with van der Waals surface area (Å²) in [6, 6.07) is 4.08. The second-order valence-corrected chi connectivity index (χ2v) is 6.10. The lowest BCUT2D eigenvalue weighted by Crippen LogP contribution is -2.21. The zero-order chi connectivity index (χ0) is 14.6. The molecule has 0 unspecified atom stereocenters. The third kappa shape index (κ3) is 4.49. The van der Waals surface area contributed by atoms with E-state index in [9.17, 15) is 18.5 Å². The highest BCUT2D eigenvalue weighted by molar-refractivity contribution is 7.88. The molecule has 0 aliphatic carbocycles. The van der Waals surface area contributed by atoms with Gasteiger partial charge in [0.25, 0.3) is 5.69 Å². The van der Waals surface area contributed by atoms with E-state index in [-0.39, 0.29) is 17.4 Å². The van der Waals surface area contributed by atoms with Crippen molar-refractivity contribution in [3.63, 3.8) is 0 Å². The van der Waals surface area contributed by atoms with Gasteiger partial charge in [0.1, 0.15) is 5.75 Å². The first-order valence-corrected chi connectivity index (χ1v) is 7.25. The molecule has 0 aliphatic rings. The van der Waals surface area contributed by atoms with Crippen molar-refractivity contribution in [1.82, 2.24) is 4.72 Å². The normalized spacial score (nSPS) is 11.6.